The first kappa shape index (κ1) is 56.8. The largest absolute Gasteiger partial charge is 0.472 e. The summed E-state index contributed by atoms with van der Waals surface area (Å²) in [6.07, 6.45) is 48.6. The van der Waals surface area contributed by atoms with Gasteiger partial charge < -0.3 is 20.1 Å². The van der Waals surface area contributed by atoms with E-state index < -0.39 is 26.5 Å². The zero-order chi connectivity index (χ0) is 42.5. The molecular weight excluding hydrogens is 750 g/mol. The molecule has 0 aliphatic rings. The van der Waals surface area contributed by atoms with Crippen LogP contribution in [0.4, 0.5) is 0 Å². The third-order valence-electron chi connectivity index (χ3n) is 10.9. The van der Waals surface area contributed by atoms with Crippen LogP contribution in [0.2, 0.25) is 0 Å². The Morgan fingerprint density at radius 1 is 0.517 bits per heavy atom. The first-order valence-electron chi connectivity index (χ1n) is 24.7. The van der Waals surface area contributed by atoms with Crippen molar-refractivity contribution >= 4 is 19.7 Å². The summed E-state index contributed by atoms with van der Waals surface area (Å²) in [6, 6.07) is 0. The van der Waals surface area contributed by atoms with E-state index in [1.54, 1.807) is 0 Å². The number of aliphatic hydroxyl groups excluding tert-OH is 1. The van der Waals surface area contributed by atoms with Gasteiger partial charge in [-0.25, -0.2) is 4.57 Å². The van der Waals surface area contributed by atoms with Gasteiger partial charge in [0, 0.05) is 19.4 Å². The van der Waals surface area contributed by atoms with E-state index in [2.05, 4.69) is 31.3 Å². The molecule has 0 aromatic heterocycles. The second-order valence-corrected chi connectivity index (χ2v) is 18.2. The van der Waals surface area contributed by atoms with Crippen LogP contribution in [0, 0.1) is 0 Å². The van der Waals surface area contributed by atoms with E-state index in [4.69, 9.17) is 13.8 Å². The number of allylic oxidation sites excluding steroid dienone is 2. The maximum atomic E-state index is 12.1. The van der Waals surface area contributed by atoms with Crippen molar-refractivity contribution in [3.05, 3.63) is 12.2 Å². The summed E-state index contributed by atoms with van der Waals surface area (Å²) >= 11 is 0. The molecule has 0 spiro atoms. The molecule has 0 bridgehead atoms. The van der Waals surface area contributed by atoms with Crippen LogP contribution in [0.25, 0.3) is 0 Å². The number of carbonyl (C=O) groups is 2. The molecule has 0 aliphatic carbocycles. The summed E-state index contributed by atoms with van der Waals surface area (Å²) in [5, 5.41) is 12.7. The lowest BCUT2D eigenvalue weighted by molar-refractivity contribution is -0.147. The standard InChI is InChI=1S/C48H94NO8P/c1-3-5-7-9-11-13-15-17-19-21-23-25-27-29-31-33-35-37-39-41-48(52)55-44-46(50)45-57-58(53,54)56-43-42-49-47(51)40-38-36-34-32-30-28-26-24-22-20-18-16-14-12-10-8-6-4-2/h17,19,46,50H,3-16,18,20-45H2,1-2H3,(H,49,51)(H,53,54)/b19-17+. The first-order chi connectivity index (χ1) is 28.3. The SMILES string of the molecule is CCCCCCCC/C=C/CCCCCCCCCCCC(=O)OCC(O)COP(=O)(O)OCCNC(=O)CCCCCCCCCCCCCCCCCCCC. The van der Waals surface area contributed by atoms with Gasteiger partial charge in [-0.2, -0.15) is 0 Å². The van der Waals surface area contributed by atoms with Crippen LogP contribution in [0.15, 0.2) is 12.2 Å². The van der Waals surface area contributed by atoms with Crippen molar-refractivity contribution in [2.24, 2.45) is 0 Å². The fraction of sp³-hybridized carbons (Fsp3) is 0.917. The highest BCUT2D eigenvalue weighted by atomic mass is 31.2. The minimum Gasteiger partial charge on any atom is -0.463 e. The first-order valence-corrected chi connectivity index (χ1v) is 26.2. The van der Waals surface area contributed by atoms with Crippen LogP contribution < -0.4 is 5.32 Å². The molecule has 0 heterocycles. The molecule has 0 aromatic carbocycles. The Bertz CT molecular complexity index is 964. The van der Waals surface area contributed by atoms with Crippen molar-refractivity contribution in [1.82, 2.24) is 5.32 Å². The molecule has 0 aliphatic heterocycles. The summed E-state index contributed by atoms with van der Waals surface area (Å²) in [5.74, 6) is -0.506. The number of hydrogen-bond acceptors (Lipinski definition) is 7. The summed E-state index contributed by atoms with van der Waals surface area (Å²) in [4.78, 5) is 34.0. The lowest BCUT2D eigenvalue weighted by atomic mass is 10.0. The molecule has 0 saturated heterocycles. The number of aliphatic hydroxyl groups is 1. The Balaban J connectivity index is 3.53. The van der Waals surface area contributed by atoms with Gasteiger partial charge >= 0.3 is 13.8 Å². The third kappa shape index (κ3) is 45.8. The van der Waals surface area contributed by atoms with Gasteiger partial charge in [0.05, 0.1) is 13.2 Å². The molecule has 0 aromatic rings. The zero-order valence-corrected chi connectivity index (χ0v) is 38.9. The van der Waals surface area contributed by atoms with Crippen molar-refractivity contribution in [3.63, 3.8) is 0 Å². The van der Waals surface area contributed by atoms with Crippen LogP contribution in [-0.4, -0.2) is 54.3 Å². The molecular formula is C48H94NO8P. The van der Waals surface area contributed by atoms with Crippen LogP contribution in [-0.2, 0) is 27.9 Å². The molecule has 3 N–H and O–H groups in total. The maximum absolute atomic E-state index is 12.1. The van der Waals surface area contributed by atoms with Gasteiger partial charge in [0.25, 0.3) is 0 Å². The molecule has 0 radical (unpaired) electrons. The fourth-order valence-electron chi connectivity index (χ4n) is 7.20. The number of amides is 1. The minimum atomic E-state index is -4.42. The van der Waals surface area contributed by atoms with Gasteiger partial charge in [-0.15, -0.1) is 0 Å². The molecule has 0 fully saturated rings. The highest BCUT2D eigenvalue weighted by Gasteiger charge is 2.23. The Morgan fingerprint density at radius 2 is 0.879 bits per heavy atom. The highest BCUT2D eigenvalue weighted by molar-refractivity contribution is 7.47. The van der Waals surface area contributed by atoms with Crippen LogP contribution >= 0.6 is 7.82 Å². The van der Waals surface area contributed by atoms with Crippen molar-refractivity contribution in [2.75, 3.05) is 26.4 Å². The van der Waals surface area contributed by atoms with Gasteiger partial charge in [0.1, 0.15) is 12.7 Å². The Labute approximate surface area is 358 Å². The maximum Gasteiger partial charge on any atom is 0.472 e. The van der Waals surface area contributed by atoms with Crippen molar-refractivity contribution in [1.29, 1.82) is 0 Å². The Kier molecular flexibility index (Phi) is 44.3. The fourth-order valence-corrected chi connectivity index (χ4v) is 7.96. The second-order valence-electron chi connectivity index (χ2n) is 16.8. The molecule has 2 unspecified atom stereocenters. The van der Waals surface area contributed by atoms with Gasteiger partial charge in [-0.05, 0) is 38.5 Å². The highest BCUT2D eigenvalue weighted by Crippen LogP contribution is 2.42. The normalized spacial score (nSPS) is 13.2. The monoisotopic (exact) mass is 844 g/mol. The predicted octanol–water partition coefficient (Wildman–Crippen LogP) is 14.2. The summed E-state index contributed by atoms with van der Waals surface area (Å²) < 4.78 is 27.0. The summed E-state index contributed by atoms with van der Waals surface area (Å²) in [7, 11) is -4.42. The molecule has 10 heteroatoms. The number of unbranched alkanes of at least 4 members (excludes halogenated alkanes) is 32. The average Bonchev–Trinajstić information content (AvgIpc) is 3.21. The minimum absolute atomic E-state index is 0.0867. The number of carbonyl (C=O) groups excluding carboxylic acids is 2. The number of rotatable bonds is 47. The lowest BCUT2D eigenvalue weighted by Crippen LogP contribution is -2.27. The second kappa shape index (κ2) is 45.3. The number of phosphoric ester groups is 1. The van der Waals surface area contributed by atoms with Crippen molar-refractivity contribution in [2.45, 2.75) is 258 Å². The number of nitrogens with one attached hydrogen (secondary N) is 1. The number of hydrogen-bond donors (Lipinski definition) is 3. The van der Waals surface area contributed by atoms with E-state index in [9.17, 15) is 24.2 Å². The third-order valence-corrected chi connectivity index (χ3v) is 11.9. The van der Waals surface area contributed by atoms with Crippen molar-refractivity contribution in [3.8, 4) is 0 Å². The van der Waals surface area contributed by atoms with Gasteiger partial charge in [-0.1, -0.05) is 212 Å². The van der Waals surface area contributed by atoms with E-state index in [-0.39, 0.29) is 32.1 Å². The number of ether oxygens (including phenoxy) is 1. The summed E-state index contributed by atoms with van der Waals surface area (Å²) in [5.41, 5.74) is 0. The lowest BCUT2D eigenvalue weighted by Gasteiger charge is -2.15. The predicted molar refractivity (Wildman–Crippen MR) is 243 cm³/mol. The van der Waals surface area contributed by atoms with E-state index >= 15 is 0 Å². The van der Waals surface area contributed by atoms with Crippen LogP contribution in [0.3, 0.4) is 0 Å². The molecule has 344 valence electrons. The van der Waals surface area contributed by atoms with E-state index in [0.29, 0.717) is 6.42 Å². The van der Waals surface area contributed by atoms with E-state index in [1.807, 2.05) is 0 Å². The average molecular weight is 844 g/mol. The molecule has 2 atom stereocenters. The zero-order valence-electron chi connectivity index (χ0n) is 38.0. The summed E-state index contributed by atoms with van der Waals surface area (Å²) in [6.45, 7) is 3.60. The van der Waals surface area contributed by atoms with Crippen LogP contribution in [0.5, 0.6) is 0 Å². The van der Waals surface area contributed by atoms with Gasteiger partial charge in [-0.3, -0.25) is 18.6 Å². The molecule has 1 amide bonds. The van der Waals surface area contributed by atoms with Gasteiger partial charge in [0.15, 0.2) is 0 Å². The van der Waals surface area contributed by atoms with E-state index in [0.717, 1.165) is 38.5 Å². The smallest absolute Gasteiger partial charge is 0.463 e. The molecule has 0 rings (SSSR count). The molecule has 9 nitrogen and oxygen atoms in total. The van der Waals surface area contributed by atoms with Gasteiger partial charge in [0.2, 0.25) is 5.91 Å². The molecule has 0 saturated carbocycles. The number of esters is 1. The van der Waals surface area contributed by atoms with Crippen molar-refractivity contribution < 1.29 is 37.9 Å². The Morgan fingerprint density at radius 3 is 1.29 bits per heavy atom. The van der Waals surface area contributed by atoms with Crippen LogP contribution in [0.1, 0.15) is 251 Å². The Hall–Kier alpha value is -1.25. The quantitative estimate of drug-likeness (QED) is 0.0239. The number of phosphoric acid groups is 1. The molecule has 58 heavy (non-hydrogen) atoms. The van der Waals surface area contributed by atoms with E-state index in [1.165, 1.54) is 186 Å². The topological polar surface area (TPSA) is 131 Å².